The molecule has 16 heavy (non-hydrogen) atoms. The van der Waals surface area contributed by atoms with Crippen molar-refractivity contribution < 1.29 is 0 Å². The van der Waals surface area contributed by atoms with E-state index in [1.807, 2.05) is 6.07 Å². The van der Waals surface area contributed by atoms with E-state index >= 15 is 0 Å². The number of benzene rings is 1. The van der Waals surface area contributed by atoms with Gasteiger partial charge in [0, 0.05) is 23.8 Å². The van der Waals surface area contributed by atoms with Crippen LogP contribution in [-0.4, -0.2) is 19.6 Å². The van der Waals surface area contributed by atoms with Crippen molar-refractivity contribution in [2.45, 2.75) is 19.8 Å². The van der Waals surface area contributed by atoms with E-state index in [-0.39, 0.29) is 0 Å². The van der Waals surface area contributed by atoms with Crippen LogP contribution in [0.2, 0.25) is 5.02 Å². The average Bonchev–Trinajstić information content (AvgIpc) is 2.77. The molecule has 2 nitrogen and oxygen atoms in total. The second-order valence-corrected chi connectivity index (χ2v) is 4.90. The average molecular weight is 239 g/mol. The molecule has 0 saturated carbocycles. The van der Waals surface area contributed by atoms with Gasteiger partial charge in [0.15, 0.2) is 0 Å². The topological polar surface area (TPSA) is 29.3 Å². The first kappa shape index (κ1) is 11.7. The summed E-state index contributed by atoms with van der Waals surface area (Å²) in [5, 5.41) is 0.823. The molecular weight excluding hydrogens is 220 g/mol. The molecule has 0 aromatic heterocycles. The Morgan fingerprint density at radius 2 is 2.31 bits per heavy atom. The van der Waals surface area contributed by atoms with Gasteiger partial charge in [0.1, 0.15) is 0 Å². The normalized spacial score (nSPS) is 20.4. The van der Waals surface area contributed by atoms with Crippen LogP contribution in [0.5, 0.6) is 0 Å². The second-order valence-electron chi connectivity index (χ2n) is 4.46. The van der Waals surface area contributed by atoms with Crippen molar-refractivity contribution in [3.8, 4) is 0 Å². The Labute approximate surface area is 102 Å². The number of hydrogen-bond acceptors (Lipinski definition) is 2. The summed E-state index contributed by atoms with van der Waals surface area (Å²) in [5.74, 6) is 0.642. The molecule has 1 aromatic carbocycles. The lowest BCUT2D eigenvalue weighted by Gasteiger charge is -2.22. The van der Waals surface area contributed by atoms with Gasteiger partial charge in [0.25, 0.3) is 0 Å². The molecule has 0 amide bonds. The molecule has 3 heteroatoms. The molecule has 0 unspecified atom stereocenters. The highest BCUT2D eigenvalue weighted by atomic mass is 35.5. The van der Waals surface area contributed by atoms with Gasteiger partial charge in [-0.25, -0.2) is 0 Å². The first-order valence-corrected chi connectivity index (χ1v) is 6.35. The SMILES string of the molecule is CCc1ccc(Cl)cc1N1CC[C@@H](CN)C1. The highest BCUT2D eigenvalue weighted by Crippen LogP contribution is 2.29. The number of nitrogens with two attached hydrogens (primary N) is 1. The Bertz CT molecular complexity index is 365. The lowest BCUT2D eigenvalue weighted by Crippen LogP contribution is -2.23. The van der Waals surface area contributed by atoms with Crippen molar-refractivity contribution in [3.63, 3.8) is 0 Å². The highest BCUT2D eigenvalue weighted by Gasteiger charge is 2.22. The van der Waals surface area contributed by atoms with Gasteiger partial charge in [-0.3, -0.25) is 0 Å². The van der Waals surface area contributed by atoms with Crippen molar-refractivity contribution in [2.75, 3.05) is 24.5 Å². The predicted molar refractivity (Wildman–Crippen MR) is 70.2 cm³/mol. The molecule has 1 fully saturated rings. The summed E-state index contributed by atoms with van der Waals surface area (Å²) in [5.41, 5.74) is 8.40. The number of halogens is 1. The van der Waals surface area contributed by atoms with E-state index in [2.05, 4.69) is 24.0 Å². The van der Waals surface area contributed by atoms with Gasteiger partial charge in [-0.05, 0) is 43.0 Å². The quantitative estimate of drug-likeness (QED) is 0.878. The smallest absolute Gasteiger partial charge is 0.0426 e. The van der Waals surface area contributed by atoms with Crippen LogP contribution in [0.4, 0.5) is 5.69 Å². The molecule has 1 aliphatic heterocycles. The highest BCUT2D eigenvalue weighted by molar-refractivity contribution is 6.30. The van der Waals surface area contributed by atoms with Crippen molar-refractivity contribution >= 4 is 17.3 Å². The fraction of sp³-hybridized carbons (Fsp3) is 0.538. The summed E-state index contributed by atoms with van der Waals surface area (Å²) in [6.45, 7) is 5.15. The number of nitrogens with zero attached hydrogens (tertiary/aromatic N) is 1. The lowest BCUT2D eigenvalue weighted by molar-refractivity contribution is 0.602. The summed E-state index contributed by atoms with van der Waals surface area (Å²) >= 11 is 6.07. The van der Waals surface area contributed by atoms with Crippen LogP contribution in [0.25, 0.3) is 0 Å². The van der Waals surface area contributed by atoms with Gasteiger partial charge < -0.3 is 10.6 Å². The van der Waals surface area contributed by atoms with E-state index in [1.54, 1.807) is 0 Å². The molecule has 1 atom stereocenters. The fourth-order valence-electron chi connectivity index (χ4n) is 2.37. The molecule has 1 heterocycles. The molecule has 1 aliphatic rings. The van der Waals surface area contributed by atoms with Crippen molar-refractivity contribution in [2.24, 2.45) is 11.7 Å². The summed E-state index contributed by atoms with van der Waals surface area (Å²) in [6.07, 6.45) is 2.25. The molecule has 88 valence electrons. The van der Waals surface area contributed by atoms with E-state index in [1.165, 1.54) is 17.7 Å². The predicted octanol–water partition coefficient (Wildman–Crippen LogP) is 2.69. The van der Waals surface area contributed by atoms with Crippen LogP contribution in [0.3, 0.4) is 0 Å². The third-order valence-corrected chi connectivity index (χ3v) is 3.62. The largest absolute Gasteiger partial charge is 0.371 e. The monoisotopic (exact) mass is 238 g/mol. The zero-order valence-corrected chi connectivity index (χ0v) is 10.5. The first-order chi connectivity index (χ1) is 7.74. The molecule has 0 spiro atoms. The molecule has 0 radical (unpaired) electrons. The number of hydrogen-bond donors (Lipinski definition) is 1. The third-order valence-electron chi connectivity index (χ3n) is 3.39. The van der Waals surface area contributed by atoms with Crippen LogP contribution in [0, 0.1) is 5.92 Å². The molecular formula is C13H19ClN2. The van der Waals surface area contributed by atoms with E-state index < -0.39 is 0 Å². The van der Waals surface area contributed by atoms with Crippen LogP contribution in [-0.2, 0) is 6.42 Å². The zero-order chi connectivity index (χ0) is 11.5. The van der Waals surface area contributed by atoms with E-state index in [0.29, 0.717) is 5.92 Å². The molecule has 0 aliphatic carbocycles. The minimum Gasteiger partial charge on any atom is -0.371 e. The summed E-state index contributed by atoms with van der Waals surface area (Å²) in [7, 11) is 0. The van der Waals surface area contributed by atoms with Crippen LogP contribution < -0.4 is 10.6 Å². The Morgan fingerprint density at radius 3 is 2.94 bits per heavy atom. The van der Waals surface area contributed by atoms with Gasteiger partial charge in [-0.15, -0.1) is 0 Å². The maximum atomic E-state index is 6.07. The Balaban J connectivity index is 2.22. The molecule has 1 aromatic rings. The second kappa shape index (κ2) is 5.07. The van der Waals surface area contributed by atoms with Gasteiger partial charge >= 0.3 is 0 Å². The standard InChI is InChI=1S/C13H19ClN2/c1-2-11-3-4-12(14)7-13(11)16-6-5-10(8-15)9-16/h3-4,7,10H,2,5-6,8-9,15H2,1H3/t10-/m0/s1. The molecule has 1 saturated heterocycles. The summed E-state index contributed by atoms with van der Waals surface area (Å²) in [4.78, 5) is 2.42. The molecule has 0 bridgehead atoms. The zero-order valence-electron chi connectivity index (χ0n) is 9.75. The van der Waals surface area contributed by atoms with Crippen LogP contribution in [0.1, 0.15) is 18.9 Å². The maximum Gasteiger partial charge on any atom is 0.0426 e. The van der Waals surface area contributed by atoms with E-state index in [4.69, 9.17) is 17.3 Å². The van der Waals surface area contributed by atoms with Gasteiger partial charge in [-0.1, -0.05) is 24.6 Å². The third kappa shape index (κ3) is 2.33. The number of anilines is 1. The minimum absolute atomic E-state index is 0.642. The van der Waals surface area contributed by atoms with Crippen LogP contribution >= 0.6 is 11.6 Å². The first-order valence-electron chi connectivity index (χ1n) is 5.98. The number of aryl methyl sites for hydroxylation is 1. The Morgan fingerprint density at radius 1 is 1.50 bits per heavy atom. The van der Waals surface area contributed by atoms with Crippen molar-refractivity contribution in [3.05, 3.63) is 28.8 Å². The molecule has 2 rings (SSSR count). The Kier molecular flexibility index (Phi) is 3.72. The summed E-state index contributed by atoms with van der Waals surface area (Å²) < 4.78 is 0. The van der Waals surface area contributed by atoms with Crippen LogP contribution in [0.15, 0.2) is 18.2 Å². The van der Waals surface area contributed by atoms with Gasteiger partial charge in [0.05, 0.1) is 0 Å². The van der Waals surface area contributed by atoms with Crippen molar-refractivity contribution in [1.82, 2.24) is 0 Å². The fourth-order valence-corrected chi connectivity index (χ4v) is 2.54. The maximum absolute atomic E-state index is 6.07. The number of rotatable bonds is 3. The molecule has 2 N–H and O–H groups in total. The minimum atomic E-state index is 0.642. The Hall–Kier alpha value is -0.730. The van der Waals surface area contributed by atoms with E-state index in [0.717, 1.165) is 31.1 Å². The van der Waals surface area contributed by atoms with Crippen molar-refractivity contribution in [1.29, 1.82) is 0 Å². The lowest BCUT2D eigenvalue weighted by atomic mass is 10.1. The van der Waals surface area contributed by atoms with Gasteiger partial charge in [-0.2, -0.15) is 0 Å². The van der Waals surface area contributed by atoms with E-state index in [9.17, 15) is 0 Å². The van der Waals surface area contributed by atoms with Gasteiger partial charge in [0.2, 0.25) is 0 Å². The summed E-state index contributed by atoms with van der Waals surface area (Å²) in [6, 6.07) is 6.19.